The number of pyridine rings is 1. The van der Waals surface area contributed by atoms with Crippen molar-refractivity contribution in [2.75, 3.05) is 5.32 Å². The molecule has 0 aliphatic carbocycles. The predicted octanol–water partition coefficient (Wildman–Crippen LogP) is 3.18. The second-order valence-corrected chi connectivity index (χ2v) is 5.94. The molecule has 0 unspecified atom stereocenters. The lowest BCUT2D eigenvalue weighted by molar-refractivity contribution is -0.116. The summed E-state index contributed by atoms with van der Waals surface area (Å²) < 4.78 is 5.12. The van der Waals surface area contributed by atoms with Crippen molar-refractivity contribution in [2.45, 2.75) is 32.6 Å². The van der Waals surface area contributed by atoms with Gasteiger partial charge in [-0.25, -0.2) is 4.98 Å². The molecule has 2 aromatic heterocycles. The fourth-order valence-corrected chi connectivity index (χ4v) is 2.32. The van der Waals surface area contributed by atoms with Crippen LogP contribution in [0.15, 0.2) is 34.9 Å². The highest BCUT2D eigenvalue weighted by Crippen LogP contribution is 2.20. The number of para-hydroxylation sites is 1. The standard InChI is InChI=1S/C18H17N5O2/c1-11(2)17-22-16(25-23-17)8-7-15(24)21-18-13(10-19)9-12-5-3-4-6-14(12)20-18/h3-6,9,11H,7-8H2,1-2H3,(H,20,21,24). The number of hydrogen-bond donors (Lipinski definition) is 1. The van der Waals surface area contributed by atoms with Crippen molar-refractivity contribution < 1.29 is 9.32 Å². The normalized spacial score (nSPS) is 10.8. The number of amides is 1. The summed E-state index contributed by atoms with van der Waals surface area (Å²) in [5, 5.41) is 16.7. The van der Waals surface area contributed by atoms with Gasteiger partial charge in [0.05, 0.1) is 11.1 Å². The van der Waals surface area contributed by atoms with E-state index < -0.39 is 0 Å². The summed E-state index contributed by atoms with van der Waals surface area (Å²) in [4.78, 5) is 20.8. The molecule has 1 N–H and O–H groups in total. The molecular weight excluding hydrogens is 318 g/mol. The van der Waals surface area contributed by atoms with Gasteiger partial charge in [0, 0.05) is 24.1 Å². The van der Waals surface area contributed by atoms with Crippen LogP contribution in [-0.4, -0.2) is 21.0 Å². The largest absolute Gasteiger partial charge is 0.339 e. The minimum atomic E-state index is -0.261. The predicted molar refractivity (Wildman–Crippen MR) is 91.8 cm³/mol. The third-order valence-electron chi connectivity index (χ3n) is 3.67. The molecule has 0 fully saturated rings. The van der Waals surface area contributed by atoms with E-state index in [-0.39, 0.29) is 24.1 Å². The van der Waals surface area contributed by atoms with Crippen LogP contribution in [0.5, 0.6) is 0 Å². The Bertz CT molecular complexity index is 955. The Balaban J connectivity index is 1.70. The molecule has 0 aliphatic heterocycles. The van der Waals surface area contributed by atoms with Crippen molar-refractivity contribution >= 4 is 22.6 Å². The Labute approximate surface area is 144 Å². The Morgan fingerprint density at radius 2 is 2.12 bits per heavy atom. The number of nitrogens with zero attached hydrogens (tertiary/aromatic N) is 4. The summed E-state index contributed by atoms with van der Waals surface area (Å²) in [5.74, 6) is 1.22. The molecule has 7 heteroatoms. The molecule has 1 amide bonds. The van der Waals surface area contributed by atoms with Gasteiger partial charge in [-0.1, -0.05) is 37.2 Å². The van der Waals surface area contributed by atoms with Gasteiger partial charge in [-0.15, -0.1) is 0 Å². The second-order valence-electron chi connectivity index (χ2n) is 5.94. The maximum absolute atomic E-state index is 12.2. The molecular formula is C18H17N5O2. The summed E-state index contributed by atoms with van der Waals surface area (Å²) in [6.45, 7) is 3.94. The molecule has 0 bridgehead atoms. The first-order valence-corrected chi connectivity index (χ1v) is 7.99. The molecule has 126 valence electrons. The minimum absolute atomic E-state index is 0.166. The average Bonchev–Trinajstić information content (AvgIpc) is 3.09. The molecule has 2 heterocycles. The van der Waals surface area contributed by atoms with E-state index in [0.717, 1.165) is 10.9 Å². The van der Waals surface area contributed by atoms with Crippen LogP contribution in [0.1, 0.15) is 43.5 Å². The van der Waals surface area contributed by atoms with Crippen molar-refractivity contribution in [3.8, 4) is 6.07 Å². The maximum atomic E-state index is 12.2. The van der Waals surface area contributed by atoms with Crippen LogP contribution < -0.4 is 5.32 Å². The van der Waals surface area contributed by atoms with Gasteiger partial charge in [-0.05, 0) is 12.1 Å². The third-order valence-corrected chi connectivity index (χ3v) is 3.67. The number of anilines is 1. The zero-order chi connectivity index (χ0) is 17.8. The number of rotatable bonds is 5. The first-order chi connectivity index (χ1) is 12.1. The van der Waals surface area contributed by atoms with Crippen molar-refractivity contribution in [2.24, 2.45) is 0 Å². The van der Waals surface area contributed by atoms with Gasteiger partial charge < -0.3 is 9.84 Å². The second kappa shape index (κ2) is 7.09. The molecule has 0 radical (unpaired) electrons. The van der Waals surface area contributed by atoms with Crippen molar-refractivity contribution in [3.05, 3.63) is 47.6 Å². The number of hydrogen-bond acceptors (Lipinski definition) is 6. The van der Waals surface area contributed by atoms with Gasteiger partial charge in [-0.2, -0.15) is 10.2 Å². The Morgan fingerprint density at radius 3 is 2.84 bits per heavy atom. The van der Waals surface area contributed by atoms with E-state index in [4.69, 9.17) is 4.52 Å². The van der Waals surface area contributed by atoms with Crippen LogP contribution in [0.2, 0.25) is 0 Å². The highest BCUT2D eigenvalue weighted by atomic mass is 16.5. The van der Waals surface area contributed by atoms with E-state index in [1.54, 1.807) is 6.07 Å². The number of nitrogens with one attached hydrogen (secondary N) is 1. The molecule has 0 spiro atoms. The van der Waals surface area contributed by atoms with Gasteiger partial charge in [0.2, 0.25) is 11.8 Å². The third kappa shape index (κ3) is 3.80. The highest BCUT2D eigenvalue weighted by molar-refractivity contribution is 5.93. The van der Waals surface area contributed by atoms with E-state index >= 15 is 0 Å². The molecule has 0 atom stereocenters. The van der Waals surface area contributed by atoms with Crippen LogP contribution in [0.3, 0.4) is 0 Å². The lowest BCUT2D eigenvalue weighted by atomic mass is 10.1. The van der Waals surface area contributed by atoms with Gasteiger partial charge in [0.15, 0.2) is 11.6 Å². The zero-order valence-corrected chi connectivity index (χ0v) is 14.0. The fourth-order valence-electron chi connectivity index (χ4n) is 2.32. The van der Waals surface area contributed by atoms with Gasteiger partial charge in [-0.3, -0.25) is 4.79 Å². The monoisotopic (exact) mass is 335 g/mol. The number of benzene rings is 1. The maximum Gasteiger partial charge on any atom is 0.227 e. The number of nitriles is 1. The SMILES string of the molecule is CC(C)c1noc(CCC(=O)Nc2nc3ccccc3cc2C#N)n1. The topological polar surface area (TPSA) is 105 Å². The summed E-state index contributed by atoms with van der Waals surface area (Å²) in [5.41, 5.74) is 1.04. The summed E-state index contributed by atoms with van der Waals surface area (Å²) in [6.07, 6.45) is 0.500. The van der Waals surface area contributed by atoms with E-state index in [9.17, 15) is 10.1 Å². The number of fused-ring (bicyclic) bond motifs is 1. The van der Waals surface area contributed by atoms with Crippen LogP contribution in [-0.2, 0) is 11.2 Å². The van der Waals surface area contributed by atoms with Crippen molar-refractivity contribution in [1.82, 2.24) is 15.1 Å². The first-order valence-electron chi connectivity index (χ1n) is 7.99. The lowest BCUT2D eigenvalue weighted by Crippen LogP contribution is -2.14. The lowest BCUT2D eigenvalue weighted by Gasteiger charge is -2.07. The zero-order valence-electron chi connectivity index (χ0n) is 14.0. The van der Waals surface area contributed by atoms with Gasteiger partial charge >= 0.3 is 0 Å². The summed E-state index contributed by atoms with van der Waals surface area (Å²) >= 11 is 0. The molecule has 3 aromatic rings. The Hall–Kier alpha value is -3.27. The molecule has 7 nitrogen and oxygen atoms in total. The minimum Gasteiger partial charge on any atom is -0.339 e. The van der Waals surface area contributed by atoms with E-state index in [1.165, 1.54) is 0 Å². The quantitative estimate of drug-likeness (QED) is 0.767. The van der Waals surface area contributed by atoms with Crippen LogP contribution in [0.25, 0.3) is 10.9 Å². The first kappa shape index (κ1) is 16.6. The number of carbonyl (C=O) groups is 1. The van der Waals surface area contributed by atoms with E-state index in [1.807, 2.05) is 38.1 Å². The number of aryl methyl sites for hydroxylation is 1. The van der Waals surface area contributed by atoms with Crippen LogP contribution in [0, 0.1) is 11.3 Å². The average molecular weight is 335 g/mol. The van der Waals surface area contributed by atoms with Gasteiger partial charge in [0.25, 0.3) is 0 Å². The highest BCUT2D eigenvalue weighted by Gasteiger charge is 2.13. The molecule has 0 saturated heterocycles. The van der Waals surface area contributed by atoms with Crippen molar-refractivity contribution in [1.29, 1.82) is 5.26 Å². The van der Waals surface area contributed by atoms with Crippen LogP contribution in [0.4, 0.5) is 5.82 Å². The molecule has 3 rings (SSSR count). The smallest absolute Gasteiger partial charge is 0.227 e. The molecule has 25 heavy (non-hydrogen) atoms. The van der Waals surface area contributed by atoms with Crippen molar-refractivity contribution in [3.63, 3.8) is 0 Å². The van der Waals surface area contributed by atoms with Crippen LogP contribution >= 0.6 is 0 Å². The van der Waals surface area contributed by atoms with E-state index in [2.05, 4.69) is 26.5 Å². The van der Waals surface area contributed by atoms with E-state index in [0.29, 0.717) is 23.7 Å². The fraction of sp³-hybridized carbons (Fsp3) is 0.278. The Morgan fingerprint density at radius 1 is 1.32 bits per heavy atom. The summed E-state index contributed by atoms with van der Waals surface area (Å²) in [7, 11) is 0. The molecule has 0 saturated carbocycles. The number of carbonyl (C=O) groups excluding carboxylic acids is 1. The summed E-state index contributed by atoms with van der Waals surface area (Å²) in [6, 6.07) is 11.2. The molecule has 1 aromatic carbocycles. The van der Waals surface area contributed by atoms with Gasteiger partial charge in [0.1, 0.15) is 6.07 Å². The molecule has 0 aliphatic rings. The Kier molecular flexibility index (Phi) is 4.70. The number of aromatic nitrogens is 3.